The lowest BCUT2D eigenvalue weighted by Gasteiger charge is -2.40. The number of likely N-dealkylation sites (tertiary alicyclic amines) is 1. The van der Waals surface area contributed by atoms with Gasteiger partial charge >= 0.3 is 0 Å². The SMILES string of the molecule is CNC(=O)C1(Nc2ccn(C)n2)CCN(C(=O)c2ccoc2)CC1. The van der Waals surface area contributed by atoms with Crippen molar-refractivity contribution < 1.29 is 14.0 Å². The highest BCUT2D eigenvalue weighted by Gasteiger charge is 2.42. The number of anilines is 1. The van der Waals surface area contributed by atoms with Crippen molar-refractivity contribution in [3.05, 3.63) is 36.4 Å². The molecule has 1 aliphatic heterocycles. The molecule has 2 aromatic rings. The third kappa shape index (κ3) is 2.99. The van der Waals surface area contributed by atoms with E-state index in [1.807, 2.05) is 19.3 Å². The van der Waals surface area contributed by atoms with Crippen molar-refractivity contribution in [2.24, 2.45) is 7.05 Å². The fourth-order valence-corrected chi connectivity index (χ4v) is 3.04. The van der Waals surface area contributed by atoms with Crippen LogP contribution >= 0.6 is 0 Å². The number of amides is 2. The Kier molecular flexibility index (Phi) is 4.28. The van der Waals surface area contributed by atoms with Gasteiger partial charge in [-0.15, -0.1) is 0 Å². The maximum Gasteiger partial charge on any atom is 0.257 e. The summed E-state index contributed by atoms with van der Waals surface area (Å²) in [6, 6.07) is 3.47. The van der Waals surface area contributed by atoms with Crippen LogP contribution in [-0.2, 0) is 11.8 Å². The maximum atomic E-state index is 12.5. The van der Waals surface area contributed by atoms with Gasteiger partial charge in [0.1, 0.15) is 17.6 Å². The predicted octanol–water partition coefficient (Wildman–Crippen LogP) is 0.846. The number of hydrogen-bond acceptors (Lipinski definition) is 5. The Labute approximate surface area is 139 Å². The maximum absolute atomic E-state index is 12.5. The largest absolute Gasteiger partial charge is 0.472 e. The third-order valence-electron chi connectivity index (χ3n) is 4.42. The molecule has 0 unspecified atom stereocenters. The standard InChI is InChI=1S/C16H21N5O3/c1-17-15(23)16(18-13-3-7-20(2)19-13)5-8-21(9-6-16)14(22)12-4-10-24-11-12/h3-4,7,10-11H,5-6,8-9H2,1-2H3,(H,17,23)(H,18,19). The van der Waals surface area contributed by atoms with Crippen LogP contribution < -0.4 is 10.6 Å². The Bertz CT molecular complexity index is 714. The molecule has 3 heterocycles. The van der Waals surface area contributed by atoms with E-state index < -0.39 is 5.54 Å². The lowest BCUT2D eigenvalue weighted by Crippen LogP contribution is -2.58. The molecule has 2 N–H and O–H groups in total. The van der Waals surface area contributed by atoms with Crippen molar-refractivity contribution in [3.63, 3.8) is 0 Å². The zero-order valence-corrected chi connectivity index (χ0v) is 13.8. The first kappa shape index (κ1) is 16.1. The smallest absolute Gasteiger partial charge is 0.257 e. The van der Waals surface area contributed by atoms with E-state index in [1.54, 1.807) is 22.7 Å². The number of carbonyl (C=O) groups is 2. The Morgan fingerprint density at radius 3 is 2.58 bits per heavy atom. The summed E-state index contributed by atoms with van der Waals surface area (Å²) in [6.07, 6.45) is 5.75. The van der Waals surface area contributed by atoms with Crippen LogP contribution in [0.2, 0.25) is 0 Å². The van der Waals surface area contributed by atoms with Crippen molar-refractivity contribution in [1.82, 2.24) is 20.0 Å². The van der Waals surface area contributed by atoms with Gasteiger partial charge in [-0.2, -0.15) is 5.10 Å². The molecule has 8 nitrogen and oxygen atoms in total. The number of piperidine rings is 1. The molecule has 0 aromatic carbocycles. The molecule has 0 spiro atoms. The second kappa shape index (κ2) is 6.38. The first-order valence-corrected chi connectivity index (χ1v) is 7.85. The summed E-state index contributed by atoms with van der Waals surface area (Å²) in [7, 11) is 3.44. The van der Waals surface area contributed by atoms with Gasteiger partial charge < -0.3 is 20.0 Å². The lowest BCUT2D eigenvalue weighted by molar-refractivity contribution is -0.126. The molecule has 1 aliphatic rings. The highest BCUT2D eigenvalue weighted by Crippen LogP contribution is 2.27. The summed E-state index contributed by atoms with van der Waals surface area (Å²) < 4.78 is 6.65. The monoisotopic (exact) mass is 331 g/mol. The Morgan fingerprint density at radius 1 is 1.29 bits per heavy atom. The number of carbonyl (C=O) groups excluding carboxylic acids is 2. The fourth-order valence-electron chi connectivity index (χ4n) is 3.04. The molecule has 0 bridgehead atoms. The molecular formula is C16H21N5O3. The van der Waals surface area contributed by atoms with Crippen LogP contribution in [0.4, 0.5) is 5.82 Å². The molecule has 0 radical (unpaired) electrons. The predicted molar refractivity (Wildman–Crippen MR) is 87.5 cm³/mol. The normalized spacial score (nSPS) is 16.7. The minimum atomic E-state index is -0.768. The molecule has 3 rings (SSSR count). The summed E-state index contributed by atoms with van der Waals surface area (Å²) in [5.74, 6) is 0.478. The van der Waals surface area contributed by atoms with Crippen molar-refractivity contribution >= 4 is 17.6 Å². The molecule has 8 heteroatoms. The van der Waals surface area contributed by atoms with E-state index in [2.05, 4.69) is 15.7 Å². The molecule has 0 saturated carbocycles. The zero-order valence-electron chi connectivity index (χ0n) is 13.8. The first-order valence-electron chi connectivity index (χ1n) is 7.85. The van der Waals surface area contributed by atoms with E-state index in [1.165, 1.54) is 12.5 Å². The number of nitrogens with zero attached hydrogens (tertiary/aromatic N) is 3. The van der Waals surface area contributed by atoms with Gasteiger partial charge in [0.05, 0.1) is 11.8 Å². The number of nitrogens with one attached hydrogen (secondary N) is 2. The molecule has 2 aromatic heterocycles. The number of aryl methyl sites for hydroxylation is 1. The molecule has 0 atom stereocenters. The van der Waals surface area contributed by atoms with Crippen LogP contribution in [0.1, 0.15) is 23.2 Å². The van der Waals surface area contributed by atoms with Crippen LogP contribution in [-0.4, -0.2) is 52.2 Å². The van der Waals surface area contributed by atoms with E-state index in [9.17, 15) is 9.59 Å². The molecule has 128 valence electrons. The van der Waals surface area contributed by atoms with E-state index in [0.29, 0.717) is 37.3 Å². The third-order valence-corrected chi connectivity index (χ3v) is 4.42. The quantitative estimate of drug-likeness (QED) is 0.866. The average molecular weight is 331 g/mol. The van der Waals surface area contributed by atoms with E-state index >= 15 is 0 Å². The Hall–Kier alpha value is -2.77. The summed E-state index contributed by atoms with van der Waals surface area (Å²) in [6.45, 7) is 0.967. The first-order chi connectivity index (χ1) is 11.5. The lowest BCUT2D eigenvalue weighted by atomic mass is 9.86. The van der Waals surface area contributed by atoms with Gasteiger partial charge in [-0.3, -0.25) is 14.3 Å². The molecular weight excluding hydrogens is 310 g/mol. The van der Waals surface area contributed by atoms with Gasteiger partial charge in [-0.25, -0.2) is 0 Å². The second-order valence-corrected chi connectivity index (χ2v) is 5.97. The summed E-state index contributed by atoms with van der Waals surface area (Å²) in [5, 5.41) is 10.3. The van der Waals surface area contributed by atoms with Crippen molar-refractivity contribution in [2.75, 3.05) is 25.5 Å². The minimum absolute atomic E-state index is 0.0768. The minimum Gasteiger partial charge on any atom is -0.472 e. The number of rotatable bonds is 4. The summed E-state index contributed by atoms with van der Waals surface area (Å²) in [5.41, 5.74) is -0.240. The highest BCUT2D eigenvalue weighted by molar-refractivity contribution is 5.94. The topological polar surface area (TPSA) is 92.4 Å². The zero-order chi connectivity index (χ0) is 17.2. The van der Waals surface area contributed by atoms with Crippen molar-refractivity contribution in [3.8, 4) is 0 Å². The summed E-state index contributed by atoms with van der Waals surface area (Å²) >= 11 is 0. The van der Waals surface area contributed by atoms with E-state index in [4.69, 9.17) is 4.42 Å². The van der Waals surface area contributed by atoms with Gasteiger partial charge in [-0.1, -0.05) is 0 Å². The van der Waals surface area contributed by atoms with Crippen molar-refractivity contribution in [1.29, 1.82) is 0 Å². The van der Waals surface area contributed by atoms with Crippen LogP contribution in [0.25, 0.3) is 0 Å². The van der Waals surface area contributed by atoms with Gasteiger partial charge in [0.15, 0.2) is 0 Å². The molecule has 1 saturated heterocycles. The molecule has 0 aliphatic carbocycles. The molecule has 2 amide bonds. The number of hydrogen-bond donors (Lipinski definition) is 2. The van der Waals surface area contributed by atoms with Crippen LogP contribution in [0.5, 0.6) is 0 Å². The number of likely N-dealkylation sites (N-methyl/N-ethyl adjacent to an activating group) is 1. The van der Waals surface area contributed by atoms with Crippen molar-refractivity contribution in [2.45, 2.75) is 18.4 Å². The van der Waals surface area contributed by atoms with Crippen LogP contribution in [0, 0.1) is 0 Å². The van der Waals surface area contributed by atoms with Gasteiger partial charge in [0, 0.05) is 39.4 Å². The van der Waals surface area contributed by atoms with Gasteiger partial charge in [0.2, 0.25) is 5.91 Å². The average Bonchev–Trinajstić information content (AvgIpc) is 3.26. The van der Waals surface area contributed by atoms with Gasteiger partial charge in [-0.05, 0) is 18.9 Å². The highest BCUT2D eigenvalue weighted by atomic mass is 16.3. The van der Waals surface area contributed by atoms with E-state index in [-0.39, 0.29) is 11.8 Å². The summed E-state index contributed by atoms with van der Waals surface area (Å²) in [4.78, 5) is 26.6. The Morgan fingerprint density at radius 2 is 2.04 bits per heavy atom. The molecule has 24 heavy (non-hydrogen) atoms. The van der Waals surface area contributed by atoms with Crippen LogP contribution in [0.15, 0.2) is 35.3 Å². The van der Waals surface area contributed by atoms with E-state index in [0.717, 1.165) is 0 Å². The number of aromatic nitrogens is 2. The Balaban J connectivity index is 1.73. The molecule has 1 fully saturated rings. The fraction of sp³-hybridized carbons (Fsp3) is 0.438. The second-order valence-electron chi connectivity index (χ2n) is 5.97. The van der Waals surface area contributed by atoms with Crippen LogP contribution in [0.3, 0.4) is 0 Å². The van der Waals surface area contributed by atoms with Gasteiger partial charge in [0.25, 0.3) is 5.91 Å². The number of furan rings is 1.